The summed E-state index contributed by atoms with van der Waals surface area (Å²) in [5, 5.41) is 9.52. The Labute approximate surface area is 126 Å². The van der Waals surface area contributed by atoms with Gasteiger partial charge in [0.05, 0.1) is 17.2 Å². The zero-order chi connectivity index (χ0) is 15.8. The molecule has 1 saturated heterocycles. The number of likely N-dealkylation sites (tertiary alicyclic amines) is 1. The summed E-state index contributed by atoms with van der Waals surface area (Å²) in [5.41, 5.74) is -2.13. The summed E-state index contributed by atoms with van der Waals surface area (Å²) < 4.78 is 52.2. The number of benzene rings is 1. The second kappa shape index (κ2) is 5.92. The van der Waals surface area contributed by atoms with Gasteiger partial charge in [-0.15, -0.1) is 0 Å². The molecular formula is C13H12BrF4NO2. The molecule has 1 aliphatic heterocycles. The molecule has 2 rings (SSSR count). The van der Waals surface area contributed by atoms with Crippen LogP contribution in [0.5, 0.6) is 0 Å². The molecule has 0 aromatic heterocycles. The van der Waals surface area contributed by atoms with Crippen molar-refractivity contribution in [2.45, 2.75) is 25.1 Å². The van der Waals surface area contributed by atoms with Gasteiger partial charge in [0.2, 0.25) is 0 Å². The Bertz CT molecular complexity index is 562. The van der Waals surface area contributed by atoms with Gasteiger partial charge in [0.25, 0.3) is 5.91 Å². The van der Waals surface area contributed by atoms with Crippen LogP contribution >= 0.6 is 15.9 Å². The summed E-state index contributed by atoms with van der Waals surface area (Å²) in [7, 11) is 0. The predicted octanol–water partition coefficient (Wildman–Crippen LogP) is 3.20. The van der Waals surface area contributed by atoms with Gasteiger partial charge in [0, 0.05) is 17.6 Å². The largest absolute Gasteiger partial charge is 0.419 e. The van der Waals surface area contributed by atoms with E-state index in [-0.39, 0.29) is 17.6 Å². The van der Waals surface area contributed by atoms with E-state index in [1.54, 1.807) is 0 Å². The molecule has 1 fully saturated rings. The Morgan fingerprint density at radius 3 is 2.62 bits per heavy atom. The van der Waals surface area contributed by atoms with Crippen LogP contribution in [0, 0.1) is 5.82 Å². The molecular weight excluding hydrogens is 358 g/mol. The first-order valence-corrected chi connectivity index (χ1v) is 7.03. The van der Waals surface area contributed by atoms with Gasteiger partial charge >= 0.3 is 6.18 Å². The summed E-state index contributed by atoms with van der Waals surface area (Å²) in [4.78, 5) is 13.4. The van der Waals surface area contributed by atoms with Crippen LogP contribution in [0.2, 0.25) is 0 Å². The minimum Gasteiger partial charge on any atom is -0.391 e. The molecule has 0 spiro atoms. The molecule has 3 nitrogen and oxygen atoms in total. The number of amides is 1. The maximum Gasteiger partial charge on any atom is 0.419 e. The SMILES string of the molecule is O=C(c1c(Br)ccc(C(F)(F)F)c1F)N1CCCC(O)C1. The fourth-order valence-electron chi connectivity index (χ4n) is 2.26. The molecule has 116 valence electrons. The van der Waals surface area contributed by atoms with E-state index in [0.29, 0.717) is 18.9 Å². The Hall–Kier alpha value is -1.15. The molecule has 0 radical (unpaired) electrons. The predicted molar refractivity (Wildman–Crippen MR) is 70.2 cm³/mol. The molecule has 21 heavy (non-hydrogen) atoms. The molecule has 1 unspecified atom stereocenters. The van der Waals surface area contributed by atoms with Gasteiger partial charge < -0.3 is 10.0 Å². The van der Waals surface area contributed by atoms with Gasteiger partial charge in [-0.25, -0.2) is 4.39 Å². The zero-order valence-corrected chi connectivity index (χ0v) is 12.3. The van der Waals surface area contributed by atoms with E-state index >= 15 is 0 Å². The minimum absolute atomic E-state index is 0.0129. The van der Waals surface area contributed by atoms with Crippen LogP contribution in [0.1, 0.15) is 28.8 Å². The average Bonchev–Trinajstić information content (AvgIpc) is 2.37. The number of hydrogen-bond donors (Lipinski definition) is 1. The summed E-state index contributed by atoms with van der Waals surface area (Å²) in [6.07, 6.45) is -4.59. The van der Waals surface area contributed by atoms with Crippen LogP contribution < -0.4 is 0 Å². The van der Waals surface area contributed by atoms with Crippen molar-refractivity contribution < 1.29 is 27.5 Å². The van der Waals surface area contributed by atoms with Gasteiger partial charge in [-0.3, -0.25) is 4.79 Å². The Balaban J connectivity index is 2.41. The van der Waals surface area contributed by atoms with E-state index in [2.05, 4.69) is 15.9 Å². The van der Waals surface area contributed by atoms with Gasteiger partial charge in [-0.05, 0) is 40.9 Å². The number of aliphatic hydroxyl groups is 1. The van der Waals surface area contributed by atoms with Crippen LogP contribution in [0.3, 0.4) is 0 Å². The maximum absolute atomic E-state index is 14.1. The van der Waals surface area contributed by atoms with Crippen LogP contribution in [-0.4, -0.2) is 35.1 Å². The number of rotatable bonds is 1. The van der Waals surface area contributed by atoms with Crippen molar-refractivity contribution in [3.8, 4) is 0 Å². The number of carbonyl (C=O) groups is 1. The number of alkyl halides is 3. The maximum atomic E-state index is 14.1. The third-order valence-corrected chi connectivity index (χ3v) is 3.95. The first-order chi connectivity index (χ1) is 9.71. The van der Waals surface area contributed by atoms with Crippen LogP contribution in [0.25, 0.3) is 0 Å². The minimum atomic E-state index is -4.87. The molecule has 0 saturated carbocycles. The number of carbonyl (C=O) groups excluding carboxylic acids is 1. The van der Waals surface area contributed by atoms with Gasteiger partial charge in [0.15, 0.2) is 0 Å². The second-order valence-electron chi connectivity index (χ2n) is 4.83. The van der Waals surface area contributed by atoms with Crippen molar-refractivity contribution >= 4 is 21.8 Å². The molecule has 0 bridgehead atoms. The van der Waals surface area contributed by atoms with E-state index in [1.165, 1.54) is 0 Å². The van der Waals surface area contributed by atoms with Crippen LogP contribution in [0.15, 0.2) is 16.6 Å². The van der Waals surface area contributed by atoms with Crippen molar-refractivity contribution in [3.63, 3.8) is 0 Å². The van der Waals surface area contributed by atoms with E-state index in [4.69, 9.17) is 0 Å². The van der Waals surface area contributed by atoms with Crippen LogP contribution in [0.4, 0.5) is 17.6 Å². The highest BCUT2D eigenvalue weighted by molar-refractivity contribution is 9.10. The lowest BCUT2D eigenvalue weighted by Gasteiger charge is -2.30. The van der Waals surface area contributed by atoms with E-state index < -0.39 is 35.1 Å². The normalized spacial score (nSPS) is 19.7. The molecule has 1 aliphatic rings. The van der Waals surface area contributed by atoms with E-state index in [9.17, 15) is 27.5 Å². The smallest absolute Gasteiger partial charge is 0.391 e. The lowest BCUT2D eigenvalue weighted by molar-refractivity contribution is -0.140. The molecule has 8 heteroatoms. The third kappa shape index (κ3) is 3.37. The number of β-amino-alcohol motifs (C(OH)–C–C–N with tert-alkyl or cyclic N) is 1. The summed E-state index contributed by atoms with van der Waals surface area (Å²) in [6, 6.07) is 1.58. The van der Waals surface area contributed by atoms with Crippen molar-refractivity contribution in [2.75, 3.05) is 13.1 Å². The highest BCUT2D eigenvalue weighted by Gasteiger charge is 2.37. The lowest BCUT2D eigenvalue weighted by Crippen LogP contribution is -2.42. The standard InChI is InChI=1S/C13H12BrF4NO2/c14-9-4-3-8(13(16,17)18)11(15)10(9)12(21)19-5-1-2-7(20)6-19/h3-4,7,20H,1-2,5-6H2. The second-order valence-corrected chi connectivity index (χ2v) is 5.68. The van der Waals surface area contributed by atoms with Crippen molar-refractivity contribution in [1.82, 2.24) is 4.90 Å². The number of piperidine rings is 1. The number of halogens is 5. The zero-order valence-electron chi connectivity index (χ0n) is 10.8. The van der Waals surface area contributed by atoms with Crippen LogP contribution in [-0.2, 0) is 6.18 Å². The summed E-state index contributed by atoms with van der Waals surface area (Å²) >= 11 is 2.91. The van der Waals surface area contributed by atoms with Gasteiger partial charge in [-0.1, -0.05) is 0 Å². The number of hydrogen-bond acceptors (Lipinski definition) is 2. The Kier molecular flexibility index (Phi) is 4.57. The quantitative estimate of drug-likeness (QED) is 0.772. The van der Waals surface area contributed by atoms with E-state index in [1.807, 2.05) is 0 Å². The Morgan fingerprint density at radius 2 is 2.05 bits per heavy atom. The molecule has 0 aliphatic carbocycles. The van der Waals surface area contributed by atoms with Crippen molar-refractivity contribution in [1.29, 1.82) is 0 Å². The van der Waals surface area contributed by atoms with E-state index in [0.717, 1.165) is 11.0 Å². The summed E-state index contributed by atoms with van der Waals surface area (Å²) in [5.74, 6) is -2.45. The van der Waals surface area contributed by atoms with Crippen molar-refractivity contribution in [3.05, 3.63) is 33.5 Å². The number of aliphatic hydroxyl groups excluding tert-OH is 1. The first-order valence-electron chi connectivity index (χ1n) is 6.24. The third-order valence-electron chi connectivity index (χ3n) is 3.29. The average molecular weight is 370 g/mol. The molecule has 1 atom stereocenters. The van der Waals surface area contributed by atoms with Gasteiger partial charge in [-0.2, -0.15) is 13.2 Å². The lowest BCUT2D eigenvalue weighted by atomic mass is 10.0. The molecule has 1 amide bonds. The fraction of sp³-hybridized carbons (Fsp3) is 0.462. The van der Waals surface area contributed by atoms with Crippen molar-refractivity contribution in [2.24, 2.45) is 0 Å². The topological polar surface area (TPSA) is 40.5 Å². The molecule has 1 aromatic carbocycles. The highest BCUT2D eigenvalue weighted by Crippen LogP contribution is 2.35. The number of nitrogens with zero attached hydrogens (tertiary/aromatic N) is 1. The molecule has 1 heterocycles. The Morgan fingerprint density at radius 1 is 1.38 bits per heavy atom. The first kappa shape index (κ1) is 16.2. The fourth-order valence-corrected chi connectivity index (χ4v) is 2.74. The van der Waals surface area contributed by atoms with Gasteiger partial charge in [0.1, 0.15) is 5.82 Å². The molecule has 1 aromatic rings. The highest BCUT2D eigenvalue weighted by atomic mass is 79.9. The monoisotopic (exact) mass is 369 g/mol. The molecule has 1 N–H and O–H groups in total. The summed E-state index contributed by atoms with van der Waals surface area (Å²) in [6.45, 7) is 0.263.